The maximum Gasteiger partial charge on any atom is 0.251 e. The minimum absolute atomic E-state index is 0.0466. The van der Waals surface area contributed by atoms with Gasteiger partial charge in [-0.15, -0.1) is 0 Å². The van der Waals surface area contributed by atoms with E-state index in [1.807, 2.05) is 38.1 Å². The molecule has 2 unspecified atom stereocenters. The van der Waals surface area contributed by atoms with Gasteiger partial charge in [0.25, 0.3) is 5.91 Å². The molecule has 1 aromatic rings. The van der Waals surface area contributed by atoms with Crippen LogP contribution in [-0.4, -0.2) is 23.2 Å². The first-order valence-electron chi connectivity index (χ1n) is 6.17. The van der Waals surface area contributed by atoms with E-state index in [9.17, 15) is 9.90 Å². The molecule has 0 heterocycles. The third-order valence-corrected chi connectivity index (χ3v) is 3.26. The lowest BCUT2D eigenvalue weighted by atomic mass is 9.75. The van der Waals surface area contributed by atoms with Crippen molar-refractivity contribution in [3.05, 3.63) is 35.4 Å². The van der Waals surface area contributed by atoms with E-state index in [0.717, 1.165) is 18.4 Å². The van der Waals surface area contributed by atoms with Crippen LogP contribution in [0.3, 0.4) is 0 Å². The third-order valence-electron chi connectivity index (χ3n) is 3.26. The van der Waals surface area contributed by atoms with Crippen LogP contribution < -0.4 is 5.32 Å². The van der Waals surface area contributed by atoms with Gasteiger partial charge in [0.1, 0.15) is 0 Å². The zero-order valence-corrected chi connectivity index (χ0v) is 10.3. The molecule has 1 aliphatic rings. The largest absolute Gasteiger partial charge is 0.392 e. The molecule has 1 amide bonds. The molecule has 1 saturated carbocycles. The van der Waals surface area contributed by atoms with Crippen LogP contribution in [0.1, 0.15) is 48.5 Å². The Morgan fingerprint density at radius 3 is 2.59 bits per heavy atom. The lowest BCUT2D eigenvalue weighted by Crippen LogP contribution is -2.34. The van der Waals surface area contributed by atoms with Crippen molar-refractivity contribution in [3.8, 4) is 0 Å². The van der Waals surface area contributed by atoms with Crippen molar-refractivity contribution in [1.82, 2.24) is 5.32 Å². The average molecular weight is 233 g/mol. The maximum atomic E-state index is 12.0. The Morgan fingerprint density at radius 1 is 1.35 bits per heavy atom. The molecule has 3 heteroatoms. The summed E-state index contributed by atoms with van der Waals surface area (Å²) >= 11 is 0. The van der Waals surface area contributed by atoms with Gasteiger partial charge in [-0.2, -0.15) is 0 Å². The van der Waals surface area contributed by atoms with Gasteiger partial charge in [0, 0.05) is 17.5 Å². The molecule has 3 nitrogen and oxygen atoms in total. The molecule has 17 heavy (non-hydrogen) atoms. The van der Waals surface area contributed by atoms with E-state index in [0.29, 0.717) is 5.56 Å². The zero-order chi connectivity index (χ0) is 12.4. The van der Waals surface area contributed by atoms with Crippen molar-refractivity contribution < 1.29 is 9.90 Å². The third kappa shape index (κ3) is 2.50. The molecule has 1 aromatic carbocycles. The Kier molecular flexibility index (Phi) is 3.48. The van der Waals surface area contributed by atoms with Gasteiger partial charge in [-0.3, -0.25) is 4.79 Å². The molecule has 92 valence electrons. The van der Waals surface area contributed by atoms with Gasteiger partial charge in [-0.1, -0.05) is 18.2 Å². The summed E-state index contributed by atoms with van der Waals surface area (Å²) in [6.07, 6.45) is 1.51. The van der Waals surface area contributed by atoms with Crippen molar-refractivity contribution in [2.45, 2.75) is 44.8 Å². The molecular weight excluding hydrogens is 214 g/mol. The molecule has 1 fully saturated rings. The normalized spacial score (nSPS) is 23.3. The van der Waals surface area contributed by atoms with Crippen molar-refractivity contribution in [2.75, 3.05) is 0 Å². The molecule has 2 rings (SSSR count). The Balaban J connectivity index is 2.24. The van der Waals surface area contributed by atoms with E-state index in [1.54, 1.807) is 0 Å². The fourth-order valence-electron chi connectivity index (χ4n) is 2.21. The summed E-state index contributed by atoms with van der Waals surface area (Å²) in [6, 6.07) is 7.69. The number of carbonyl (C=O) groups is 1. The molecule has 2 N–H and O–H groups in total. The van der Waals surface area contributed by atoms with Crippen LogP contribution in [0.25, 0.3) is 0 Å². The summed E-state index contributed by atoms with van der Waals surface area (Å²) < 4.78 is 0. The molecule has 0 aromatic heterocycles. The van der Waals surface area contributed by atoms with Crippen LogP contribution in [-0.2, 0) is 0 Å². The number of aliphatic hydroxyl groups excluding tert-OH is 1. The van der Waals surface area contributed by atoms with Gasteiger partial charge in [-0.25, -0.2) is 0 Å². The number of hydrogen-bond acceptors (Lipinski definition) is 2. The fourth-order valence-corrected chi connectivity index (χ4v) is 2.21. The smallest absolute Gasteiger partial charge is 0.251 e. The summed E-state index contributed by atoms with van der Waals surface area (Å²) in [5.41, 5.74) is 1.68. The molecule has 0 aliphatic heterocycles. The Bertz CT molecular complexity index is 414. The van der Waals surface area contributed by atoms with Crippen molar-refractivity contribution in [1.29, 1.82) is 0 Å². The van der Waals surface area contributed by atoms with Crippen LogP contribution in [0.4, 0.5) is 0 Å². The van der Waals surface area contributed by atoms with E-state index in [4.69, 9.17) is 0 Å². The minimum Gasteiger partial charge on any atom is -0.392 e. The van der Waals surface area contributed by atoms with Gasteiger partial charge >= 0.3 is 0 Å². The standard InChI is InChI=1S/C14H19NO2/c1-9(2)15-14(17)12-6-4-3-5-10(12)11-7-8-13(11)16/h3-6,9,11,13,16H,7-8H2,1-2H3,(H,15,17). The van der Waals surface area contributed by atoms with E-state index < -0.39 is 0 Å². The van der Waals surface area contributed by atoms with Gasteiger partial charge in [0.15, 0.2) is 0 Å². The monoisotopic (exact) mass is 233 g/mol. The molecule has 0 saturated heterocycles. The molecule has 0 spiro atoms. The Hall–Kier alpha value is -1.35. The van der Waals surface area contributed by atoms with E-state index in [1.165, 1.54) is 0 Å². The molecule has 0 bridgehead atoms. The van der Waals surface area contributed by atoms with E-state index in [2.05, 4.69) is 5.32 Å². The first kappa shape index (κ1) is 12.1. The van der Waals surface area contributed by atoms with Crippen molar-refractivity contribution in [3.63, 3.8) is 0 Å². The van der Waals surface area contributed by atoms with Crippen LogP contribution >= 0.6 is 0 Å². The van der Waals surface area contributed by atoms with Crippen LogP contribution in [0.15, 0.2) is 24.3 Å². The molecule has 1 aliphatic carbocycles. The van der Waals surface area contributed by atoms with Crippen molar-refractivity contribution >= 4 is 5.91 Å². The highest BCUT2D eigenvalue weighted by atomic mass is 16.3. The lowest BCUT2D eigenvalue weighted by Gasteiger charge is -2.33. The molecule has 2 atom stereocenters. The number of rotatable bonds is 3. The van der Waals surface area contributed by atoms with E-state index in [-0.39, 0.29) is 24.0 Å². The van der Waals surface area contributed by atoms with Crippen LogP contribution in [0, 0.1) is 0 Å². The topological polar surface area (TPSA) is 49.3 Å². The van der Waals surface area contributed by atoms with Gasteiger partial charge < -0.3 is 10.4 Å². The number of nitrogens with one attached hydrogen (secondary N) is 1. The predicted molar refractivity (Wildman–Crippen MR) is 67.0 cm³/mol. The second-order valence-electron chi connectivity index (χ2n) is 4.97. The first-order valence-corrected chi connectivity index (χ1v) is 6.17. The first-order chi connectivity index (χ1) is 8.09. The lowest BCUT2D eigenvalue weighted by molar-refractivity contribution is 0.0653. The molecule has 0 radical (unpaired) electrons. The Labute approximate surface area is 102 Å². The fraction of sp³-hybridized carbons (Fsp3) is 0.500. The summed E-state index contributed by atoms with van der Waals surface area (Å²) in [6.45, 7) is 3.89. The number of amides is 1. The van der Waals surface area contributed by atoms with Gasteiger partial charge in [-0.05, 0) is 38.3 Å². The second kappa shape index (κ2) is 4.88. The van der Waals surface area contributed by atoms with Crippen LogP contribution in [0.5, 0.6) is 0 Å². The van der Waals surface area contributed by atoms with Crippen LogP contribution in [0.2, 0.25) is 0 Å². The van der Waals surface area contributed by atoms with Gasteiger partial charge in [0.05, 0.1) is 6.10 Å². The number of aliphatic hydroxyl groups is 1. The summed E-state index contributed by atoms with van der Waals surface area (Å²) in [4.78, 5) is 12.0. The van der Waals surface area contributed by atoms with Gasteiger partial charge in [0.2, 0.25) is 0 Å². The summed E-state index contributed by atoms with van der Waals surface area (Å²) in [5, 5.41) is 12.6. The average Bonchev–Trinajstić information content (AvgIpc) is 2.27. The van der Waals surface area contributed by atoms with E-state index >= 15 is 0 Å². The zero-order valence-electron chi connectivity index (χ0n) is 10.3. The number of benzene rings is 1. The number of carbonyl (C=O) groups excluding carboxylic acids is 1. The molecular formula is C14H19NO2. The summed E-state index contributed by atoms with van der Waals surface area (Å²) in [7, 11) is 0. The highest BCUT2D eigenvalue weighted by Gasteiger charge is 2.32. The quantitative estimate of drug-likeness (QED) is 0.839. The Morgan fingerprint density at radius 2 is 2.06 bits per heavy atom. The highest BCUT2D eigenvalue weighted by molar-refractivity contribution is 5.96. The SMILES string of the molecule is CC(C)NC(=O)c1ccccc1C1CCC1O. The van der Waals surface area contributed by atoms with Crippen molar-refractivity contribution in [2.24, 2.45) is 0 Å². The predicted octanol–water partition coefficient (Wildman–Crippen LogP) is 2.06. The maximum absolute atomic E-state index is 12.0. The minimum atomic E-state index is -0.289. The second-order valence-corrected chi connectivity index (χ2v) is 4.97. The highest BCUT2D eigenvalue weighted by Crippen LogP contribution is 2.38. The summed E-state index contributed by atoms with van der Waals surface area (Å²) in [5.74, 6) is 0.0822. The number of hydrogen-bond donors (Lipinski definition) is 2.